The molecule has 0 radical (unpaired) electrons. The minimum Gasteiger partial charge on any atom is -0.358 e. The molecule has 2 aromatic carbocycles. The summed E-state index contributed by atoms with van der Waals surface area (Å²) in [4.78, 5) is 12.0. The Balaban J connectivity index is -0.000000191. The van der Waals surface area contributed by atoms with Gasteiger partial charge in [0.2, 0.25) is 0 Å². The van der Waals surface area contributed by atoms with Crippen LogP contribution in [0, 0.1) is 35.1 Å². The van der Waals surface area contributed by atoms with Gasteiger partial charge in [0, 0.05) is 11.8 Å². The van der Waals surface area contributed by atoms with Crippen LogP contribution in [0.4, 0.5) is 0 Å². The Morgan fingerprint density at radius 1 is 0.822 bits per heavy atom. The van der Waals surface area contributed by atoms with E-state index in [1.54, 1.807) is 13.1 Å². The summed E-state index contributed by atoms with van der Waals surface area (Å²) in [6.45, 7) is 36.4. The first-order chi connectivity index (χ1) is 20.3. The van der Waals surface area contributed by atoms with Gasteiger partial charge in [0.25, 0.3) is 0 Å². The summed E-state index contributed by atoms with van der Waals surface area (Å²) in [6, 6.07) is 18.3. The van der Waals surface area contributed by atoms with Gasteiger partial charge in [-0.05, 0) is 77.3 Å². The minimum atomic E-state index is 0. The summed E-state index contributed by atoms with van der Waals surface area (Å²) in [5.74, 6) is 0.0369. The van der Waals surface area contributed by atoms with E-state index < -0.39 is 0 Å². The summed E-state index contributed by atoms with van der Waals surface area (Å²) in [6.07, 6.45) is 8.83. The van der Waals surface area contributed by atoms with Gasteiger partial charge in [0.1, 0.15) is 0 Å². The summed E-state index contributed by atoms with van der Waals surface area (Å²) >= 11 is 0. The van der Waals surface area contributed by atoms with Gasteiger partial charge in [-0.1, -0.05) is 118 Å². The maximum Gasteiger partial charge on any atom is 1.00 e. The molecule has 1 N–H and O–H groups in total. The number of nitrogens with one attached hydrogen (secondary N) is 1. The second-order valence-corrected chi connectivity index (χ2v) is 10.3. The van der Waals surface area contributed by atoms with Crippen molar-refractivity contribution in [1.29, 1.82) is 0 Å². The van der Waals surface area contributed by atoms with Gasteiger partial charge in [-0.2, -0.15) is 17.9 Å². The molecule has 0 unspecified atom stereocenters. The van der Waals surface area contributed by atoms with Crippen molar-refractivity contribution in [2.75, 3.05) is 0 Å². The van der Waals surface area contributed by atoms with Crippen molar-refractivity contribution < 1.29 is 56.2 Å². The zero-order valence-electron chi connectivity index (χ0n) is 31.2. The Morgan fingerprint density at radius 2 is 1.20 bits per heavy atom. The number of aryl methyl sites for hydroxylation is 2. The van der Waals surface area contributed by atoms with Crippen molar-refractivity contribution in [3.63, 3.8) is 0 Å². The SMILES string of the molecule is C=C(C)C.C=C(C)C(=C\C)/C=C(\C(C)=O)c1ccc(-c2ccn[nH]2)cc1.CCC.Cc1ccc(C)cc1.[CH2-]CC.[CH2-]CC.[CH3-].[K+]. The van der Waals surface area contributed by atoms with Crippen LogP contribution in [0.2, 0.25) is 0 Å². The summed E-state index contributed by atoms with van der Waals surface area (Å²) in [5, 5.41) is 6.88. The summed E-state index contributed by atoms with van der Waals surface area (Å²) in [7, 11) is 0. The van der Waals surface area contributed by atoms with Crippen LogP contribution >= 0.6 is 0 Å². The van der Waals surface area contributed by atoms with Crippen molar-refractivity contribution in [1.82, 2.24) is 10.2 Å². The first-order valence-corrected chi connectivity index (χ1v) is 15.2. The molecule has 0 saturated heterocycles. The van der Waals surface area contributed by atoms with Crippen molar-refractivity contribution in [3.05, 3.63) is 141 Å². The number of aromatic nitrogens is 2. The average molecular weight is 639 g/mol. The van der Waals surface area contributed by atoms with Crippen LogP contribution in [0.1, 0.15) is 98.3 Å². The largest absolute Gasteiger partial charge is 1.00 e. The van der Waals surface area contributed by atoms with E-state index in [4.69, 9.17) is 0 Å². The Hall–Kier alpha value is -2.08. The molecule has 0 aliphatic heterocycles. The number of carbonyl (C=O) groups is 1. The zero-order chi connectivity index (χ0) is 33.8. The fourth-order valence-electron chi connectivity index (χ4n) is 2.88. The number of hydrogen-bond acceptors (Lipinski definition) is 2. The molecule has 45 heavy (non-hydrogen) atoms. The van der Waals surface area contributed by atoms with E-state index in [1.165, 1.54) is 23.1 Å². The van der Waals surface area contributed by atoms with E-state index in [-0.39, 0.29) is 64.6 Å². The van der Waals surface area contributed by atoms with Crippen LogP contribution in [-0.2, 0) is 4.79 Å². The molecule has 3 aromatic rings. The van der Waals surface area contributed by atoms with Crippen LogP contribution in [0.5, 0.6) is 0 Å². The van der Waals surface area contributed by atoms with E-state index in [0.717, 1.165) is 40.8 Å². The standard InChI is InChI=1S/C19H20N2O.C8H10.C4H8.C3H8.2C3H7.CH3.K/c1-5-15(13(2)3)12-18(14(4)22)16-6-8-17(9-7-16)19-10-11-20-21-19;1-7-3-5-8(2)6-4-7;1-4(2)3;3*1-3-2;;/h5-12H,2H2,1,3-4H3,(H,20,21);3-6H,1-2H3;1H2,2-3H3;3H2,1-2H3;2*1,3H2,2H3;1H3;/q;;;;3*-1;+1/b15-5-,18-12+;;;;;;;. The molecule has 0 aliphatic carbocycles. The predicted octanol–water partition coefficient (Wildman–Crippen LogP) is 9.79. The van der Waals surface area contributed by atoms with Gasteiger partial charge in [0.15, 0.2) is 5.78 Å². The van der Waals surface area contributed by atoms with Gasteiger partial charge >= 0.3 is 51.4 Å². The number of carbonyl (C=O) groups excluding carboxylic acids is 1. The Labute approximate surface area is 322 Å². The van der Waals surface area contributed by atoms with Crippen LogP contribution in [0.15, 0.2) is 103 Å². The average Bonchev–Trinajstić information content (AvgIpc) is 3.47. The number of allylic oxidation sites excluding steroid dienone is 6. The molecule has 3 nitrogen and oxygen atoms in total. The first-order valence-electron chi connectivity index (χ1n) is 15.2. The maximum absolute atomic E-state index is 12.0. The number of aromatic amines is 1. The Kier molecular flexibility index (Phi) is 40.5. The normalized spacial score (nSPS) is 9.44. The number of H-pyrrole nitrogens is 1. The topological polar surface area (TPSA) is 45.8 Å². The molecule has 1 aromatic heterocycles. The fourth-order valence-corrected chi connectivity index (χ4v) is 2.88. The van der Waals surface area contributed by atoms with E-state index in [9.17, 15) is 4.79 Å². The number of benzene rings is 2. The fraction of sp³-hybridized carbons (Fsp3) is 0.341. The predicted molar refractivity (Wildman–Crippen MR) is 201 cm³/mol. The third kappa shape index (κ3) is 30.3. The third-order valence-electron chi connectivity index (χ3n) is 4.71. The number of rotatable bonds is 5. The summed E-state index contributed by atoms with van der Waals surface area (Å²) in [5.41, 5.74) is 9.32. The van der Waals surface area contributed by atoms with Crippen molar-refractivity contribution in [3.8, 4) is 11.3 Å². The van der Waals surface area contributed by atoms with Crippen molar-refractivity contribution >= 4 is 11.4 Å². The molecule has 0 bridgehead atoms. The number of hydrogen-bond donors (Lipinski definition) is 1. The van der Waals surface area contributed by atoms with Crippen LogP contribution in [0.25, 0.3) is 16.8 Å². The monoisotopic (exact) mass is 638 g/mol. The molecule has 1 heterocycles. The van der Waals surface area contributed by atoms with Crippen LogP contribution < -0.4 is 51.4 Å². The third-order valence-corrected chi connectivity index (χ3v) is 4.71. The van der Waals surface area contributed by atoms with Crippen molar-refractivity contribution in [2.45, 2.75) is 95.4 Å². The second kappa shape index (κ2) is 34.8. The van der Waals surface area contributed by atoms with E-state index >= 15 is 0 Å². The number of nitrogens with zero attached hydrogens (tertiary/aromatic N) is 1. The minimum absolute atomic E-state index is 0. The van der Waals surface area contributed by atoms with Gasteiger partial charge in [-0.15, -0.1) is 6.58 Å². The zero-order valence-corrected chi connectivity index (χ0v) is 34.4. The molecular formula is C41H63KN2O-2. The molecule has 0 atom stereocenters. The molecule has 3 rings (SSSR count). The molecular weight excluding hydrogens is 576 g/mol. The molecule has 4 heteroatoms. The van der Waals surface area contributed by atoms with Crippen LogP contribution in [0.3, 0.4) is 0 Å². The number of ketones is 1. The molecule has 246 valence electrons. The summed E-state index contributed by atoms with van der Waals surface area (Å²) < 4.78 is 0. The first kappa shape index (κ1) is 52.4. The quantitative estimate of drug-likeness (QED) is 0.0994. The van der Waals surface area contributed by atoms with E-state index in [2.05, 4.69) is 89.2 Å². The Morgan fingerprint density at radius 3 is 1.47 bits per heavy atom. The van der Waals surface area contributed by atoms with Gasteiger partial charge in [-0.3, -0.25) is 9.89 Å². The van der Waals surface area contributed by atoms with Crippen molar-refractivity contribution in [2.24, 2.45) is 0 Å². The van der Waals surface area contributed by atoms with Crippen LogP contribution in [-0.4, -0.2) is 16.0 Å². The maximum atomic E-state index is 12.0. The van der Waals surface area contributed by atoms with Gasteiger partial charge < -0.3 is 21.3 Å². The Bertz CT molecular complexity index is 1150. The van der Waals surface area contributed by atoms with Gasteiger partial charge in [0.05, 0.1) is 5.69 Å². The number of Topliss-reactive ketones (excluding diaryl/α,β-unsaturated/α-hetero) is 1. The second-order valence-electron chi connectivity index (χ2n) is 10.3. The van der Waals surface area contributed by atoms with E-state index in [0.29, 0.717) is 5.57 Å². The molecule has 0 fully saturated rings. The van der Waals surface area contributed by atoms with E-state index in [1.807, 2.05) is 84.0 Å². The molecule has 0 amide bonds. The molecule has 0 saturated carbocycles. The smallest absolute Gasteiger partial charge is 0.358 e. The molecule has 0 spiro atoms. The molecule has 0 aliphatic rings. The van der Waals surface area contributed by atoms with Gasteiger partial charge in [-0.25, -0.2) is 0 Å².